The molecule has 2 aromatic carbocycles. The third kappa shape index (κ3) is 4.49. The van der Waals surface area contributed by atoms with Gasteiger partial charge in [-0.1, -0.05) is 42.8 Å². The highest BCUT2D eigenvalue weighted by Crippen LogP contribution is 2.20. The van der Waals surface area contributed by atoms with Gasteiger partial charge in [-0.25, -0.2) is 13.9 Å². The molecular weight excluding hydrogens is 379 g/mol. The molecule has 0 aliphatic heterocycles. The number of hydrogen-bond acceptors (Lipinski definition) is 3. The second kappa shape index (κ2) is 8.63. The summed E-state index contributed by atoms with van der Waals surface area (Å²) in [5.74, 6) is -0.238. The fourth-order valence-electron chi connectivity index (χ4n) is 3.69. The Morgan fingerprint density at radius 3 is 2.60 bits per heavy atom. The van der Waals surface area contributed by atoms with Gasteiger partial charge < -0.3 is 0 Å². The first-order valence-electron chi connectivity index (χ1n) is 10.2. The topological polar surface area (TPSA) is 53.4 Å². The van der Waals surface area contributed by atoms with Crippen LogP contribution in [-0.2, 0) is 13.1 Å². The largest absolute Gasteiger partial charge is 0.293 e. The smallest absolute Gasteiger partial charge is 0.272 e. The summed E-state index contributed by atoms with van der Waals surface area (Å²) in [5, 5.41) is 3.15. The molecule has 1 N–H and O–H groups in total. The quantitative estimate of drug-likeness (QED) is 0.492. The molecule has 2 heterocycles. The highest BCUT2D eigenvalue weighted by Gasteiger charge is 2.12. The van der Waals surface area contributed by atoms with Gasteiger partial charge >= 0.3 is 0 Å². The lowest BCUT2D eigenvalue weighted by molar-refractivity contribution is 0.254. The van der Waals surface area contributed by atoms with E-state index >= 15 is 0 Å². The lowest BCUT2D eigenvalue weighted by Crippen LogP contribution is -2.26. The first kappa shape index (κ1) is 20.0. The molecule has 0 atom stereocenters. The minimum absolute atomic E-state index is 0.132. The van der Waals surface area contributed by atoms with Crippen LogP contribution in [0.4, 0.5) is 4.39 Å². The van der Waals surface area contributed by atoms with Crippen molar-refractivity contribution < 1.29 is 4.39 Å². The average molecular weight is 404 g/mol. The van der Waals surface area contributed by atoms with Crippen LogP contribution in [0.3, 0.4) is 0 Å². The van der Waals surface area contributed by atoms with Gasteiger partial charge in [0.15, 0.2) is 5.65 Å². The molecule has 2 aromatic heterocycles. The van der Waals surface area contributed by atoms with Crippen LogP contribution >= 0.6 is 0 Å². The molecule has 5 nitrogen and oxygen atoms in total. The van der Waals surface area contributed by atoms with Crippen LogP contribution in [0.25, 0.3) is 16.9 Å². The molecule has 0 saturated heterocycles. The van der Waals surface area contributed by atoms with Crippen molar-refractivity contribution in [2.45, 2.75) is 33.4 Å². The van der Waals surface area contributed by atoms with E-state index in [1.807, 2.05) is 31.2 Å². The summed E-state index contributed by atoms with van der Waals surface area (Å²) >= 11 is 0. The molecule has 0 aliphatic carbocycles. The molecule has 0 bridgehead atoms. The zero-order chi connectivity index (χ0) is 21.1. The molecule has 30 heavy (non-hydrogen) atoms. The van der Waals surface area contributed by atoms with Crippen molar-refractivity contribution in [1.29, 1.82) is 0 Å². The normalized spacial score (nSPS) is 11.5. The Balaban J connectivity index is 1.61. The van der Waals surface area contributed by atoms with Crippen LogP contribution in [0.5, 0.6) is 0 Å². The summed E-state index contributed by atoms with van der Waals surface area (Å²) in [6.07, 6.45) is 0.976. The van der Waals surface area contributed by atoms with E-state index in [1.165, 1.54) is 16.6 Å². The third-order valence-electron chi connectivity index (χ3n) is 5.08. The number of aryl methyl sites for hydroxylation is 1. The lowest BCUT2D eigenvalue weighted by Gasteiger charge is -2.21. The molecule has 0 radical (unpaired) electrons. The second-order valence-corrected chi connectivity index (χ2v) is 7.66. The Labute approximate surface area is 174 Å². The number of halogens is 1. The molecule has 0 spiro atoms. The molecule has 0 amide bonds. The minimum Gasteiger partial charge on any atom is -0.293 e. The Morgan fingerprint density at radius 1 is 1.07 bits per heavy atom. The highest BCUT2D eigenvalue weighted by molar-refractivity contribution is 5.64. The molecule has 4 rings (SSSR count). The maximum Gasteiger partial charge on any atom is 0.272 e. The number of fused-ring (bicyclic) bond motifs is 1. The monoisotopic (exact) mass is 404 g/mol. The Bertz CT molecular complexity index is 1210. The number of hydrogen-bond donors (Lipinski definition) is 1. The fraction of sp³-hybridized carbons (Fsp3) is 0.250. The zero-order valence-corrected chi connectivity index (χ0v) is 17.2. The van der Waals surface area contributed by atoms with E-state index in [2.05, 4.69) is 23.0 Å². The van der Waals surface area contributed by atoms with E-state index in [0.29, 0.717) is 18.7 Å². The number of benzene rings is 2. The van der Waals surface area contributed by atoms with Gasteiger partial charge in [-0.2, -0.15) is 0 Å². The Kier molecular flexibility index (Phi) is 5.77. The van der Waals surface area contributed by atoms with Crippen molar-refractivity contribution in [3.05, 3.63) is 93.7 Å². The molecular formula is C24H25FN4O. The first-order chi connectivity index (χ1) is 14.5. The minimum atomic E-state index is -0.238. The van der Waals surface area contributed by atoms with Gasteiger partial charge in [0.1, 0.15) is 5.82 Å². The number of aromatic nitrogens is 3. The Hall–Kier alpha value is -3.25. The molecule has 4 aromatic rings. The molecule has 0 unspecified atom stereocenters. The van der Waals surface area contributed by atoms with Gasteiger partial charge in [0.2, 0.25) is 0 Å². The van der Waals surface area contributed by atoms with Gasteiger partial charge in [-0.05, 0) is 49.2 Å². The number of rotatable bonds is 7. The molecule has 6 heteroatoms. The molecule has 0 aliphatic rings. The number of H-pyrrole nitrogens is 1. The van der Waals surface area contributed by atoms with Crippen LogP contribution in [0.2, 0.25) is 0 Å². The number of aromatic amines is 1. The summed E-state index contributed by atoms with van der Waals surface area (Å²) in [4.78, 5) is 19.6. The predicted molar refractivity (Wildman–Crippen MR) is 117 cm³/mol. The summed E-state index contributed by atoms with van der Waals surface area (Å²) in [5.41, 5.74) is 5.27. The van der Waals surface area contributed by atoms with Crippen LogP contribution in [0.1, 0.15) is 30.2 Å². The number of nitrogens with one attached hydrogen (secondary N) is 1. The van der Waals surface area contributed by atoms with Crippen LogP contribution in [-0.4, -0.2) is 26.0 Å². The fourth-order valence-corrected chi connectivity index (χ4v) is 3.69. The van der Waals surface area contributed by atoms with Gasteiger partial charge in [0.05, 0.1) is 11.4 Å². The molecule has 0 fully saturated rings. The van der Waals surface area contributed by atoms with Crippen LogP contribution in [0, 0.1) is 12.7 Å². The third-order valence-corrected chi connectivity index (χ3v) is 5.08. The van der Waals surface area contributed by atoms with E-state index in [9.17, 15) is 9.18 Å². The maximum absolute atomic E-state index is 13.2. The van der Waals surface area contributed by atoms with Gasteiger partial charge in [-0.15, -0.1) is 0 Å². The van der Waals surface area contributed by atoms with Gasteiger partial charge in [0, 0.05) is 25.2 Å². The van der Waals surface area contributed by atoms with Crippen LogP contribution < -0.4 is 5.56 Å². The van der Waals surface area contributed by atoms with E-state index in [1.54, 1.807) is 18.2 Å². The number of nitrogens with zero attached hydrogens (tertiary/aromatic N) is 3. The summed E-state index contributed by atoms with van der Waals surface area (Å²) in [6.45, 7) is 6.25. The average Bonchev–Trinajstić information content (AvgIpc) is 3.15. The van der Waals surface area contributed by atoms with Crippen molar-refractivity contribution >= 4 is 5.65 Å². The lowest BCUT2D eigenvalue weighted by atomic mass is 10.1. The second-order valence-electron chi connectivity index (χ2n) is 7.66. The van der Waals surface area contributed by atoms with Crippen molar-refractivity contribution in [2.24, 2.45) is 0 Å². The van der Waals surface area contributed by atoms with E-state index in [-0.39, 0.29) is 11.4 Å². The molecule has 154 valence electrons. The maximum atomic E-state index is 13.2. The van der Waals surface area contributed by atoms with Crippen LogP contribution in [0.15, 0.2) is 65.5 Å². The zero-order valence-electron chi connectivity index (χ0n) is 17.2. The van der Waals surface area contributed by atoms with Gasteiger partial charge in [0.25, 0.3) is 5.56 Å². The summed E-state index contributed by atoms with van der Waals surface area (Å²) in [6, 6.07) is 18.1. The van der Waals surface area contributed by atoms with E-state index in [4.69, 9.17) is 4.98 Å². The highest BCUT2D eigenvalue weighted by atomic mass is 19.1. The SMILES string of the molecule is CCCN(Cc1ccc(F)cc1)Cc1cc(=O)n2[nH]c(-c3cccc(C)c3)cc2n1. The van der Waals surface area contributed by atoms with E-state index < -0.39 is 0 Å². The van der Waals surface area contributed by atoms with Crippen molar-refractivity contribution in [2.75, 3.05) is 6.54 Å². The molecule has 0 saturated carbocycles. The summed E-state index contributed by atoms with van der Waals surface area (Å²) in [7, 11) is 0. The van der Waals surface area contributed by atoms with Crippen molar-refractivity contribution in [3.8, 4) is 11.3 Å². The van der Waals surface area contributed by atoms with Crippen molar-refractivity contribution in [3.63, 3.8) is 0 Å². The Morgan fingerprint density at radius 2 is 1.87 bits per heavy atom. The first-order valence-corrected chi connectivity index (χ1v) is 10.2. The van der Waals surface area contributed by atoms with Crippen molar-refractivity contribution in [1.82, 2.24) is 19.5 Å². The van der Waals surface area contributed by atoms with Gasteiger partial charge in [-0.3, -0.25) is 14.8 Å². The standard InChI is InChI=1S/C24H25FN4O/c1-3-11-28(15-18-7-9-20(25)10-8-18)16-21-13-24(30)29-23(26-21)14-22(27-29)19-6-4-5-17(2)12-19/h4-10,12-14,27H,3,11,15-16H2,1-2H3. The summed E-state index contributed by atoms with van der Waals surface area (Å²) < 4.78 is 14.7. The predicted octanol–water partition coefficient (Wildman–Crippen LogP) is 4.55. The van der Waals surface area contributed by atoms with E-state index in [0.717, 1.165) is 41.0 Å².